The topological polar surface area (TPSA) is 63.7 Å². The van der Waals surface area contributed by atoms with Crippen molar-refractivity contribution < 1.29 is 26.7 Å². The molecule has 0 atom stereocenters. The van der Waals surface area contributed by atoms with Gasteiger partial charge in [-0.1, -0.05) is 12.1 Å². The number of methoxy groups -OCH3 is 1. The number of hydrogen-bond acceptors (Lipinski definition) is 4. The zero-order valence-electron chi connectivity index (χ0n) is 11.0. The molecule has 1 aromatic rings. The summed E-state index contributed by atoms with van der Waals surface area (Å²) in [5, 5.41) is 0. The van der Waals surface area contributed by atoms with Crippen molar-refractivity contribution >= 4 is 15.7 Å². The zero-order valence-corrected chi connectivity index (χ0v) is 11.9. The van der Waals surface area contributed by atoms with Gasteiger partial charge >= 0.3 is 5.76 Å². The second-order valence-electron chi connectivity index (χ2n) is 4.17. The van der Waals surface area contributed by atoms with Gasteiger partial charge in [0.2, 0.25) is 15.7 Å². The highest BCUT2D eigenvalue weighted by Gasteiger charge is 2.28. The normalized spacial score (nSPS) is 11.4. The predicted octanol–water partition coefficient (Wildman–Crippen LogP) is 1.29. The van der Waals surface area contributed by atoms with E-state index in [9.17, 15) is 22.0 Å². The lowest BCUT2D eigenvalue weighted by atomic mass is 10.2. The van der Waals surface area contributed by atoms with Gasteiger partial charge in [-0.3, -0.25) is 4.79 Å². The Hall–Kier alpha value is -1.70. The van der Waals surface area contributed by atoms with Crippen molar-refractivity contribution in [1.82, 2.24) is 4.90 Å². The largest absolute Gasteiger partial charge is 0.497 e. The van der Waals surface area contributed by atoms with Gasteiger partial charge < -0.3 is 9.64 Å². The smallest absolute Gasteiger partial charge is 0.337 e. The number of ether oxygens (including phenoxy) is 1. The highest BCUT2D eigenvalue weighted by Crippen LogP contribution is 2.14. The lowest BCUT2D eigenvalue weighted by molar-refractivity contribution is -0.127. The van der Waals surface area contributed by atoms with Crippen molar-refractivity contribution in [2.24, 2.45) is 0 Å². The fourth-order valence-corrected chi connectivity index (χ4v) is 2.17. The van der Waals surface area contributed by atoms with Gasteiger partial charge in [0, 0.05) is 13.6 Å². The van der Waals surface area contributed by atoms with Gasteiger partial charge in [-0.05, 0) is 17.7 Å². The third-order valence-corrected chi connectivity index (χ3v) is 3.77. The molecule has 0 aliphatic rings. The molecule has 5 nitrogen and oxygen atoms in total. The molecule has 8 heteroatoms. The Labute approximate surface area is 116 Å². The minimum absolute atomic E-state index is 0.106. The molecule has 0 N–H and O–H groups in total. The summed E-state index contributed by atoms with van der Waals surface area (Å²) in [6.45, 7) is 0.106. The summed E-state index contributed by atoms with van der Waals surface area (Å²) in [5.41, 5.74) is 0.703. The van der Waals surface area contributed by atoms with Crippen molar-refractivity contribution in [2.75, 3.05) is 19.9 Å². The number of alkyl halides is 2. The Balaban J connectivity index is 2.71. The molecule has 0 aliphatic heterocycles. The summed E-state index contributed by atoms with van der Waals surface area (Å²) < 4.78 is 51.3. The van der Waals surface area contributed by atoms with E-state index in [2.05, 4.69) is 0 Å². The first-order chi connectivity index (χ1) is 9.26. The number of benzene rings is 1. The van der Waals surface area contributed by atoms with Gasteiger partial charge in [0.15, 0.2) is 0 Å². The number of rotatable bonds is 6. The molecule has 0 bridgehead atoms. The molecule has 0 fully saturated rings. The van der Waals surface area contributed by atoms with E-state index in [0.29, 0.717) is 11.3 Å². The van der Waals surface area contributed by atoms with Crippen LogP contribution in [0.2, 0.25) is 0 Å². The van der Waals surface area contributed by atoms with Crippen LogP contribution in [-0.4, -0.2) is 44.9 Å². The second kappa shape index (κ2) is 6.65. The van der Waals surface area contributed by atoms with Crippen molar-refractivity contribution in [3.63, 3.8) is 0 Å². The molecule has 0 unspecified atom stereocenters. The number of carbonyl (C=O) groups is 1. The van der Waals surface area contributed by atoms with Crippen LogP contribution in [0.5, 0.6) is 5.75 Å². The molecule has 0 aromatic heterocycles. The Bertz CT molecular complexity index is 575. The molecule has 0 radical (unpaired) electrons. The summed E-state index contributed by atoms with van der Waals surface area (Å²) in [5.74, 6) is -5.04. The van der Waals surface area contributed by atoms with Crippen LogP contribution in [0.4, 0.5) is 8.78 Å². The fraction of sp³-hybridized carbons (Fsp3) is 0.417. The SMILES string of the molecule is COc1cccc(CN(C)C(=O)CS(=O)(=O)C(F)F)c1. The van der Waals surface area contributed by atoms with E-state index >= 15 is 0 Å². The van der Waals surface area contributed by atoms with Gasteiger partial charge in [-0.25, -0.2) is 8.42 Å². The number of halogens is 2. The van der Waals surface area contributed by atoms with Crippen LogP contribution >= 0.6 is 0 Å². The van der Waals surface area contributed by atoms with Crippen LogP contribution in [0, 0.1) is 0 Å². The van der Waals surface area contributed by atoms with Gasteiger partial charge in [-0.15, -0.1) is 0 Å². The molecule has 1 amide bonds. The molecule has 0 aliphatic carbocycles. The van der Waals surface area contributed by atoms with E-state index in [-0.39, 0.29) is 6.54 Å². The Morgan fingerprint density at radius 2 is 2.05 bits per heavy atom. The summed E-state index contributed by atoms with van der Waals surface area (Å²) in [4.78, 5) is 12.7. The number of sulfone groups is 1. The average Bonchev–Trinajstić information content (AvgIpc) is 2.38. The first kappa shape index (κ1) is 16.4. The number of carbonyl (C=O) groups excluding carboxylic acids is 1. The van der Waals surface area contributed by atoms with Gasteiger partial charge in [0.1, 0.15) is 11.5 Å². The molecule has 0 saturated heterocycles. The lowest BCUT2D eigenvalue weighted by Gasteiger charge is -2.17. The number of amides is 1. The van der Waals surface area contributed by atoms with Gasteiger partial charge in [0.25, 0.3) is 0 Å². The summed E-state index contributed by atoms with van der Waals surface area (Å²) >= 11 is 0. The Kier molecular flexibility index (Phi) is 5.43. The van der Waals surface area contributed by atoms with Crippen molar-refractivity contribution in [1.29, 1.82) is 0 Å². The van der Waals surface area contributed by atoms with Crippen LogP contribution in [0.25, 0.3) is 0 Å². The van der Waals surface area contributed by atoms with Crippen LogP contribution < -0.4 is 4.74 Å². The lowest BCUT2D eigenvalue weighted by Crippen LogP contribution is -2.34. The van der Waals surface area contributed by atoms with E-state index in [0.717, 1.165) is 4.90 Å². The van der Waals surface area contributed by atoms with Crippen molar-refractivity contribution in [2.45, 2.75) is 12.3 Å². The molecule has 1 aromatic carbocycles. The van der Waals surface area contributed by atoms with E-state index < -0.39 is 27.3 Å². The number of nitrogens with zero attached hydrogens (tertiary/aromatic N) is 1. The maximum atomic E-state index is 12.2. The monoisotopic (exact) mass is 307 g/mol. The maximum absolute atomic E-state index is 12.2. The molecule has 20 heavy (non-hydrogen) atoms. The molecule has 0 saturated carbocycles. The maximum Gasteiger partial charge on any atom is 0.337 e. The molecule has 1 rings (SSSR count). The zero-order chi connectivity index (χ0) is 15.3. The second-order valence-corrected chi connectivity index (χ2v) is 6.14. The van der Waals surface area contributed by atoms with E-state index in [1.54, 1.807) is 24.3 Å². The van der Waals surface area contributed by atoms with Crippen LogP contribution in [0.15, 0.2) is 24.3 Å². The average molecular weight is 307 g/mol. The quantitative estimate of drug-likeness (QED) is 0.794. The molecule has 0 heterocycles. The molecule has 112 valence electrons. The minimum Gasteiger partial charge on any atom is -0.497 e. The summed E-state index contributed by atoms with van der Waals surface area (Å²) in [6, 6.07) is 6.81. The van der Waals surface area contributed by atoms with Crippen molar-refractivity contribution in [3.8, 4) is 5.75 Å². The van der Waals surface area contributed by atoms with Crippen LogP contribution in [-0.2, 0) is 21.2 Å². The first-order valence-corrected chi connectivity index (χ1v) is 7.34. The first-order valence-electron chi connectivity index (χ1n) is 5.63. The predicted molar refractivity (Wildman–Crippen MR) is 69.3 cm³/mol. The van der Waals surface area contributed by atoms with E-state index in [1.807, 2.05) is 0 Å². The highest BCUT2D eigenvalue weighted by molar-refractivity contribution is 7.92. The van der Waals surface area contributed by atoms with Crippen LogP contribution in [0.3, 0.4) is 0 Å². The molecular formula is C12H15F2NO4S. The third kappa shape index (κ3) is 4.44. The minimum atomic E-state index is -4.70. The summed E-state index contributed by atoms with van der Waals surface area (Å²) in [6.07, 6.45) is 0. The molecule has 0 spiro atoms. The van der Waals surface area contributed by atoms with Crippen LogP contribution in [0.1, 0.15) is 5.56 Å². The van der Waals surface area contributed by atoms with Gasteiger partial charge in [0.05, 0.1) is 7.11 Å². The van der Waals surface area contributed by atoms with Gasteiger partial charge in [-0.2, -0.15) is 8.78 Å². The Morgan fingerprint density at radius 3 is 2.60 bits per heavy atom. The van der Waals surface area contributed by atoms with E-state index in [4.69, 9.17) is 4.74 Å². The molecular weight excluding hydrogens is 292 g/mol. The third-order valence-electron chi connectivity index (χ3n) is 2.58. The van der Waals surface area contributed by atoms with Crippen molar-refractivity contribution in [3.05, 3.63) is 29.8 Å². The Morgan fingerprint density at radius 1 is 1.40 bits per heavy atom. The summed E-state index contributed by atoms with van der Waals surface area (Å²) in [7, 11) is -1.86. The van der Waals surface area contributed by atoms with E-state index in [1.165, 1.54) is 14.2 Å². The standard InChI is InChI=1S/C12H15F2NO4S/c1-15(11(16)8-20(17,18)12(13)14)7-9-4-3-5-10(6-9)19-2/h3-6,12H,7-8H2,1-2H3. The number of hydrogen-bond donors (Lipinski definition) is 0. The fourth-order valence-electron chi connectivity index (χ4n) is 1.48. The highest BCUT2D eigenvalue weighted by atomic mass is 32.2.